The Kier molecular flexibility index (Phi) is 3.91. The van der Waals surface area contributed by atoms with Crippen LogP contribution in [0.1, 0.15) is 21.7 Å². The third-order valence-electron chi connectivity index (χ3n) is 3.09. The first-order chi connectivity index (χ1) is 10.7. The second-order valence-corrected chi connectivity index (χ2v) is 4.91. The first kappa shape index (κ1) is 13.9. The fourth-order valence-corrected chi connectivity index (χ4v) is 1.99. The zero-order valence-corrected chi connectivity index (χ0v) is 12.1. The second-order valence-electron chi connectivity index (χ2n) is 4.91. The standard InChI is InChI=1S/C16H15N5O/c1-12-7-18-15(9-17-12)16(22)20-14-8-19-21(11-14)10-13-5-3-2-4-6-13/h2-9,11H,10H2,1H3,(H,20,22). The van der Waals surface area contributed by atoms with Crippen LogP contribution >= 0.6 is 0 Å². The van der Waals surface area contributed by atoms with Gasteiger partial charge in [-0.25, -0.2) is 4.98 Å². The molecule has 6 heteroatoms. The van der Waals surface area contributed by atoms with Gasteiger partial charge in [0.1, 0.15) is 5.69 Å². The van der Waals surface area contributed by atoms with Crippen molar-refractivity contribution in [3.8, 4) is 0 Å². The molecule has 0 fully saturated rings. The van der Waals surface area contributed by atoms with Gasteiger partial charge in [0, 0.05) is 12.4 Å². The number of nitrogens with zero attached hydrogens (tertiary/aromatic N) is 4. The number of carbonyl (C=O) groups excluding carboxylic acids is 1. The Morgan fingerprint density at radius 2 is 1.95 bits per heavy atom. The van der Waals surface area contributed by atoms with E-state index in [1.807, 2.05) is 37.3 Å². The normalized spacial score (nSPS) is 10.4. The Morgan fingerprint density at radius 3 is 2.68 bits per heavy atom. The summed E-state index contributed by atoms with van der Waals surface area (Å²) in [7, 11) is 0. The number of carbonyl (C=O) groups is 1. The van der Waals surface area contributed by atoms with E-state index >= 15 is 0 Å². The molecule has 0 spiro atoms. The number of hydrogen-bond acceptors (Lipinski definition) is 4. The van der Waals surface area contributed by atoms with Crippen molar-refractivity contribution >= 4 is 11.6 Å². The molecule has 0 saturated carbocycles. The van der Waals surface area contributed by atoms with Gasteiger partial charge in [0.15, 0.2) is 0 Å². The third-order valence-corrected chi connectivity index (χ3v) is 3.09. The Hall–Kier alpha value is -3.02. The van der Waals surface area contributed by atoms with Gasteiger partial charge in [0.2, 0.25) is 0 Å². The van der Waals surface area contributed by atoms with E-state index in [1.54, 1.807) is 23.3 Å². The molecule has 0 radical (unpaired) electrons. The topological polar surface area (TPSA) is 72.7 Å². The summed E-state index contributed by atoms with van der Waals surface area (Å²) < 4.78 is 1.77. The van der Waals surface area contributed by atoms with Crippen LogP contribution in [-0.2, 0) is 6.54 Å². The van der Waals surface area contributed by atoms with Gasteiger partial charge in [0.05, 0.1) is 30.3 Å². The number of anilines is 1. The molecule has 0 unspecified atom stereocenters. The minimum Gasteiger partial charge on any atom is -0.318 e. The Morgan fingerprint density at radius 1 is 1.14 bits per heavy atom. The predicted octanol–water partition coefficient (Wildman–Crippen LogP) is 2.28. The maximum absolute atomic E-state index is 12.0. The smallest absolute Gasteiger partial charge is 0.275 e. The highest BCUT2D eigenvalue weighted by molar-refractivity contribution is 6.02. The molecule has 110 valence electrons. The molecule has 3 aromatic rings. The van der Waals surface area contributed by atoms with Crippen molar-refractivity contribution in [2.45, 2.75) is 13.5 Å². The molecule has 0 bridgehead atoms. The minimum atomic E-state index is -0.299. The fraction of sp³-hybridized carbons (Fsp3) is 0.125. The van der Waals surface area contributed by atoms with Crippen LogP contribution < -0.4 is 5.32 Å². The van der Waals surface area contributed by atoms with Crippen LogP contribution in [0.5, 0.6) is 0 Å². The van der Waals surface area contributed by atoms with E-state index in [-0.39, 0.29) is 11.6 Å². The monoisotopic (exact) mass is 293 g/mol. The molecule has 0 saturated heterocycles. The van der Waals surface area contributed by atoms with Gasteiger partial charge >= 0.3 is 0 Å². The Bertz CT molecular complexity index is 765. The molecule has 1 N–H and O–H groups in total. The van der Waals surface area contributed by atoms with Gasteiger partial charge in [-0.1, -0.05) is 30.3 Å². The molecule has 0 aliphatic heterocycles. The number of aryl methyl sites for hydroxylation is 1. The lowest BCUT2D eigenvalue weighted by atomic mass is 10.2. The highest BCUT2D eigenvalue weighted by Crippen LogP contribution is 2.09. The van der Waals surface area contributed by atoms with Crippen LogP contribution in [-0.4, -0.2) is 25.7 Å². The van der Waals surface area contributed by atoms with E-state index in [4.69, 9.17) is 0 Å². The first-order valence-corrected chi connectivity index (χ1v) is 6.87. The van der Waals surface area contributed by atoms with Crippen molar-refractivity contribution in [3.05, 3.63) is 72.1 Å². The first-order valence-electron chi connectivity index (χ1n) is 6.87. The largest absolute Gasteiger partial charge is 0.318 e. The van der Waals surface area contributed by atoms with Crippen LogP contribution in [0.25, 0.3) is 0 Å². The van der Waals surface area contributed by atoms with E-state index in [9.17, 15) is 4.79 Å². The van der Waals surface area contributed by atoms with E-state index in [1.165, 1.54) is 6.20 Å². The van der Waals surface area contributed by atoms with E-state index in [0.717, 1.165) is 11.3 Å². The average Bonchev–Trinajstić information content (AvgIpc) is 2.96. The summed E-state index contributed by atoms with van der Waals surface area (Å²) in [4.78, 5) is 20.1. The van der Waals surface area contributed by atoms with Gasteiger partial charge < -0.3 is 5.32 Å². The molecule has 6 nitrogen and oxygen atoms in total. The zero-order chi connectivity index (χ0) is 15.4. The second kappa shape index (κ2) is 6.17. The van der Waals surface area contributed by atoms with E-state index in [0.29, 0.717) is 12.2 Å². The number of nitrogens with one attached hydrogen (secondary N) is 1. The van der Waals surface area contributed by atoms with Gasteiger partial charge in [-0.15, -0.1) is 0 Å². The Balaban J connectivity index is 1.66. The molecule has 1 aromatic carbocycles. The summed E-state index contributed by atoms with van der Waals surface area (Å²) in [5.41, 5.74) is 2.82. The average molecular weight is 293 g/mol. The molecule has 2 aromatic heterocycles. The van der Waals surface area contributed by atoms with Crippen LogP contribution in [0.4, 0.5) is 5.69 Å². The third kappa shape index (κ3) is 3.35. The summed E-state index contributed by atoms with van der Waals surface area (Å²) in [6.45, 7) is 2.48. The van der Waals surface area contributed by atoms with Crippen LogP contribution in [0.15, 0.2) is 55.1 Å². The summed E-state index contributed by atoms with van der Waals surface area (Å²) in [6, 6.07) is 10.00. The minimum absolute atomic E-state index is 0.279. The zero-order valence-electron chi connectivity index (χ0n) is 12.1. The van der Waals surface area contributed by atoms with Crippen LogP contribution in [0.2, 0.25) is 0 Å². The molecule has 0 aliphatic carbocycles. The van der Waals surface area contributed by atoms with Gasteiger partial charge in [0.25, 0.3) is 5.91 Å². The number of amides is 1. The lowest BCUT2D eigenvalue weighted by Gasteiger charge is -2.02. The summed E-state index contributed by atoms with van der Waals surface area (Å²) in [5.74, 6) is -0.299. The number of rotatable bonds is 4. The highest BCUT2D eigenvalue weighted by Gasteiger charge is 2.09. The molecule has 22 heavy (non-hydrogen) atoms. The van der Waals surface area contributed by atoms with Gasteiger partial charge in [-0.05, 0) is 12.5 Å². The highest BCUT2D eigenvalue weighted by atomic mass is 16.1. The Labute approximate surface area is 127 Å². The SMILES string of the molecule is Cc1cnc(C(=O)Nc2cnn(Cc3ccccc3)c2)cn1. The summed E-state index contributed by atoms with van der Waals surface area (Å²) >= 11 is 0. The van der Waals surface area contributed by atoms with Crippen molar-refractivity contribution in [1.29, 1.82) is 0 Å². The quantitative estimate of drug-likeness (QED) is 0.801. The maximum Gasteiger partial charge on any atom is 0.275 e. The lowest BCUT2D eigenvalue weighted by molar-refractivity contribution is 0.102. The molecule has 0 atom stereocenters. The molecular weight excluding hydrogens is 278 g/mol. The van der Waals surface area contributed by atoms with Crippen molar-refractivity contribution in [2.75, 3.05) is 5.32 Å². The van der Waals surface area contributed by atoms with Crippen molar-refractivity contribution in [1.82, 2.24) is 19.7 Å². The summed E-state index contributed by atoms with van der Waals surface area (Å²) in [6.07, 6.45) is 6.42. The predicted molar refractivity (Wildman–Crippen MR) is 82.5 cm³/mol. The maximum atomic E-state index is 12.0. The lowest BCUT2D eigenvalue weighted by Crippen LogP contribution is -2.13. The fourth-order valence-electron chi connectivity index (χ4n) is 1.99. The van der Waals surface area contributed by atoms with Gasteiger partial charge in [-0.2, -0.15) is 5.10 Å². The van der Waals surface area contributed by atoms with Crippen molar-refractivity contribution in [2.24, 2.45) is 0 Å². The van der Waals surface area contributed by atoms with Crippen LogP contribution in [0, 0.1) is 6.92 Å². The van der Waals surface area contributed by atoms with Crippen molar-refractivity contribution in [3.63, 3.8) is 0 Å². The number of benzene rings is 1. The van der Waals surface area contributed by atoms with E-state index in [2.05, 4.69) is 20.4 Å². The molecule has 2 heterocycles. The van der Waals surface area contributed by atoms with E-state index < -0.39 is 0 Å². The van der Waals surface area contributed by atoms with Crippen molar-refractivity contribution < 1.29 is 4.79 Å². The van der Waals surface area contributed by atoms with Crippen LogP contribution in [0.3, 0.4) is 0 Å². The van der Waals surface area contributed by atoms with Gasteiger partial charge in [-0.3, -0.25) is 14.5 Å². The molecule has 1 amide bonds. The molecular formula is C16H15N5O. The molecule has 3 rings (SSSR count). The number of aromatic nitrogens is 4. The summed E-state index contributed by atoms with van der Waals surface area (Å²) in [5, 5.41) is 7.00. The molecule has 0 aliphatic rings. The number of hydrogen-bond donors (Lipinski definition) is 1.